The minimum absolute atomic E-state index is 0.0289. The van der Waals surface area contributed by atoms with Gasteiger partial charge in [-0.25, -0.2) is 0 Å². The van der Waals surface area contributed by atoms with Crippen molar-refractivity contribution in [2.45, 2.75) is 186 Å². The van der Waals surface area contributed by atoms with E-state index in [9.17, 15) is 24.0 Å². The number of aryl methyl sites for hydroxylation is 1. The molecule has 5 atom stereocenters. The molecule has 3 saturated carbocycles. The molecule has 3 heterocycles. The Morgan fingerprint density at radius 1 is 0.905 bits per heavy atom. The second-order valence-corrected chi connectivity index (χ2v) is 20.6. The van der Waals surface area contributed by atoms with Gasteiger partial charge in [0.15, 0.2) is 0 Å². The molecule has 15 heteroatoms. The van der Waals surface area contributed by atoms with Crippen LogP contribution in [0, 0.1) is 29.6 Å². The quantitative estimate of drug-likeness (QED) is 0.0817. The summed E-state index contributed by atoms with van der Waals surface area (Å²) < 4.78 is 7.47. The van der Waals surface area contributed by atoms with Gasteiger partial charge in [0, 0.05) is 56.7 Å². The Morgan fingerprint density at radius 2 is 1.59 bits per heavy atom. The van der Waals surface area contributed by atoms with Gasteiger partial charge in [0.25, 0.3) is 0 Å². The number of aromatic nitrogens is 3. The van der Waals surface area contributed by atoms with Crippen LogP contribution in [0.25, 0.3) is 0 Å². The summed E-state index contributed by atoms with van der Waals surface area (Å²) in [5, 5.41) is 17.5. The Bertz CT molecular complexity index is 1770. The van der Waals surface area contributed by atoms with Crippen molar-refractivity contribution >= 4 is 29.5 Å². The van der Waals surface area contributed by atoms with Gasteiger partial charge in [-0.05, 0) is 104 Å². The molecule has 2 spiro atoms. The van der Waals surface area contributed by atoms with Gasteiger partial charge in [0.05, 0.1) is 49.2 Å². The number of hydrogen-bond donors (Lipinski definition) is 2. The van der Waals surface area contributed by atoms with Crippen molar-refractivity contribution in [1.29, 1.82) is 0 Å². The number of fused-ring (bicyclic) bond motifs is 5. The zero-order valence-corrected chi connectivity index (χ0v) is 38.9. The highest BCUT2D eigenvalue weighted by atomic mass is 16.7. The van der Waals surface area contributed by atoms with E-state index in [2.05, 4.69) is 38.2 Å². The zero-order valence-electron chi connectivity index (χ0n) is 38.9. The highest BCUT2D eigenvalue weighted by molar-refractivity contribution is 6.06. The lowest BCUT2D eigenvalue weighted by molar-refractivity contribution is -0.253. The normalized spacial score (nSPS) is 26.1. The molecule has 2 aliphatic heterocycles. The van der Waals surface area contributed by atoms with E-state index in [-0.39, 0.29) is 102 Å². The van der Waals surface area contributed by atoms with Crippen LogP contribution in [0.3, 0.4) is 0 Å². The highest BCUT2D eigenvalue weighted by Crippen LogP contribution is 2.57. The van der Waals surface area contributed by atoms with E-state index in [0.717, 1.165) is 51.4 Å². The average molecular weight is 877 g/mol. The van der Waals surface area contributed by atoms with Gasteiger partial charge in [-0.2, -0.15) is 5.06 Å². The molecule has 5 fully saturated rings. The van der Waals surface area contributed by atoms with Crippen molar-refractivity contribution < 1.29 is 33.5 Å². The van der Waals surface area contributed by atoms with E-state index >= 15 is 0 Å². The van der Waals surface area contributed by atoms with Crippen molar-refractivity contribution in [3.63, 3.8) is 0 Å². The standard InChI is InChI=1S/C48H76N8O7/c1-34(2)63-29-24-46(3,4)50-39(57)19-28-53(40(58)16-9-6-14-27-55-44(60)41-35-17-18-36(30-35)42(41)45(55)61)32-37-33-54(52-51-37)26-15-25-49-43(59)38-31-47(20-10-7-11-21-47)56(62-5)48(38)22-12-8-13-23-48/h17-18,33-36,38,41-42H,6-16,19-32H2,1-5H3,(H,49,59)(H,50,57)/t35-,36?,38?,41+,42-/m1/s1. The zero-order chi connectivity index (χ0) is 44.8. The average Bonchev–Trinajstić information content (AvgIpc) is 4.08. The van der Waals surface area contributed by atoms with Gasteiger partial charge in [-0.15, -0.1) is 5.10 Å². The maximum atomic E-state index is 14.0. The molecule has 2 N–H and O–H groups in total. The molecule has 7 rings (SSSR count). The predicted molar refractivity (Wildman–Crippen MR) is 237 cm³/mol. The smallest absolute Gasteiger partial charge is 0.233 e. The summed E-state index contributed by atoms with van der Waals surface area (Å²) in [4.78, 5) is 76.6. The fourth-order valence-corrected chi connectivity index (χ4v) is 12.2. The molecule has 350 valence electrons. The first kappa shape index (κ1) is 47.3. The predicted octanol–water partition coefficient (Wildman–Crippen LogP) is 5.87. The molecule has 0 radical (unpaired) electrons. The largest absolute Gasteiger partial charge is 0.379 e. The molecule has 15 nitrogen and oxygen atoms in total. The number of ether oxygens (including phenoxy) is 1. The maximum Gasteiger partial charge on any atom is 0.233 e. The van der Waals surface area contributed by atoms with Gasteiger partial charge in [0.2, 0.25) is 29.5 Å². The summed E-state index contributed by atoms with van der Waals surface area (Å²) in [7, 11) is 1.80. The van der Waals surface area contributed by atoms with Gasteiger partial charge in [-0.3, -0.25) is 33.6 Å². The monoisotopic (exact) mass is 877 g/mol. The molecular formula is C48H76N8O7. The van der Waals surface area contributed by atoms with Crippen LogP contribution in [0.2, 0.25) is 0 Å². The third-order valence-corrected chi connectivity index (χ3v) is 15.3. The number of carbonyl (C=O) groups excluding carboxylic acids is 5. The van der Waals surface area contributed by atoms with Gasteiger partial charge in [0.1, 0.15) is 5.69 Å². The minimum atomic E-state index is -0.466. The number of nitrogens with one attached hydrogen (secondary N) is 2. The molecule has 2 bridgehead atoms. The molecule has 1 aromatic heterocycles. The van der Waals surface area contributed by atoms with Crippen molar-refractivity contribution in [2.75, 3.05) is 33.4 Å². The second kappa shape index (κ2) is 20.6. The fourth-order valence-electron chi connectivity index (χ4n) is 12.2. The van der Waals surface area contributed by atoms with Crippen molar-refractivity contribution in [3.8, 4) is 0 Å². The van der Waals surface area contributed by atoms with Crippen molar-refractivity contribution in [1.82, 2.24) is 40.5 Å². The number of imide groups is 1. The van der Waals surface area contributed by atoms with Crippen LogP contribution in [0.15, 0.2) is 18.3 Å². The third kappa shape index (κ3) is 10.7. The van der Waals surface area contributed by atoms with Crippen LogP contribution in [-0.2, 0) is 46.6 Å². The van der Waals surface area contributed by atoms with Crippen LogP contribution in [0.1, 0.15) is 155 Å². The van der Waals surface area contributed by atoms with Crippen LogP contribution in [0.5, 0.6) is 0 Å². The first-order valence-electron chi connectivity index (χ1n) is 24.5. The van der Waals surface area contributed by atoms with E-state index in [1.807, 2.05) is 33.9 Å². The lowest BCUT2D eigenvalue weighted by Crippen LogP contribution is -2.57. The molecule has 2 unspecified atom stereocenters. The maximum absolute atomic E-state index is 14.0. The number of amides is 5. The van der Waals surface area contributed by atoms with E-state index in [1.54, 1.807) is 16.7 Å². The summed E-state index contributed by atoms with van der Waals surface area (Å²) in [5.74, 6) is -0.227. The summed E-state index contributed by atoms with van der Waals surface area (Å²) >= 11 is 0. The van der Waals surface area contributed by atoms with Gasteiger partial charge < -0.3 is 25.1 Å². The van der Waals surface area contributed by atoms with Crippen LogP contribution in [0.4, 0.5) is 0 Å². The number of hydrogen-bond acceptors (Lipinski definition) is 10. The number of unbranched alkanes of at least 4 members (excludes halogenated alkanes) is 2. The molecule has 63 heavy (non-hydrogen) atoms. The molecule has 0 aromatic carbocycles. The van der Waals surface area contributed by atoms with Crippen molar-refractivity contribution in [3.05, 3.63) is 24.0 Å². The molecule has 2 saturated heterocycles. The third-order valence-electron chi connectivity index (χ3n) is 15.3. The summed E-state index contributed by atoms with van der Waals surface area (Å²) in [6.45, 7) is 10.4. The summed E-state index contributed by atoms with van der Waals surface area (Å²) in [6, 6.07) is 0. The van der Waals surface area contributed by atoms with Gasteiger partial charge >= 0.3 is 0 Å². The number of nitrogens with zero attached hydrogens (tertiary/aromatic N) is 6. The molecular weight excluding hydrogens is 801 g/mol. The van der Waals surface area contributed by atoms with E-state index in [4.69, 9.17) is 9.57 Å². The molecule has 5 amide bonds. The topological polar surface area (TPSA) is 168 Å². The van der Waals surface area contributed by atoms with E-state index in [0.29, 0.717) is 64.0 Å². The Morgan fingerprint density at radius 3 is 2.25 bits per heavy atom. The van der Waals surface area contributed by atoms with Crippen LogP contribution < -0.4 is 10.6 Å². The second-order valence-electron chi connectivity index (χ2n) is 20.6. The highest BCUT2D eigenvalue weighted by Gasteiger charge is 2.63. The summed E-state index contributed by atoms with van der Waals surface area (Å²) in [6.07, 6.45) is 22.9. The number of rotatable bonds is 22. The summed E-state index contributed by atoms with van der Waals surface area (Å²) in [5.41, 5.74) is -0.118. The van der Waals surface area contributed by atoms with Gasteiger partial charge in [-0.1, -0.05) is 62.3 Å². The number of carbonyl (C=O) groups is 5. The Hall–Kier alpha value is -3.69. The number of likely N-dealkylation sites (tertiary alicyclic amines) is 1. The van der Waals surface area contributed by atoms with E-state index in [1.165, 1.54) is 30.6 Å². The van der Waals surface area contributed by atoms with E-state index < -0.39 is 5.54 Å². The first-order chi connectivity index (χ1) is 30.3. The van der Waals surface area contributed by atoms with Crippen LogP contribution in [-0.4, -0.2) is 115 Å². The number of hydroxylamine groups is 2. The fraction of sp³-hybridized carbons (Fsp3) is 0.812. The minimum Gasteiger partial charge on any atom is -0.379 e. The molecule has 1 aromatic rings. The Kier molecular flexibility index (Phi) is 15.5. The lowest BCUT2D eigenvalue weighted by Gasteiger charge is -2.49. The Balaban J connectivity index is 0.896. The van der Waals surface area contributed by atoms with Crippen LogP contribution >= 0.6 is 0 Å². The lowest BCUT2D eigenvalue weighted by atomic mass is 9.72. The SMILES string of the molecule is CON1C2(CCCCC2)CC(C(=O)NCCCn2cc(CN(CCC(=O)NC(C)(C)CCOC(C)C)C(=O)CCCCCN3C(=O)[C@H]4[C@@H]5C=CC(C5)[C@H]4C3=O)nn2)C12CCCCC2. The Labute approximate surface area is 375 Å². The molecule has 4 aliphatic carbocycles. The number of allylic oxidation sites excluding steroid dienone is 2. The first-order valence-corrected chi connectivity index (χ1v) is 24.5. The molecule has 6 aliphatic rings. The van der Waals surface area contributed by atoms with Crippen molar-refractivity contribution in [2.24, 2.45) is 29.6 Å².